The van der Waals surface area contributed by atoms with Crippen LogP contribution in [0.15, 0.2) is 65.6 Å². The smallest absolute Gasteiger partial charge is 0.269 e. The third-order valence-electron chi connectivity index (χ3n) is 5.17. The van der Waals surface area contributed by atoms with Crippen LogP contribution in [0.1, 0.15) is 16.7 Å². The first-order valence-corrected chi connectivity index (χ1v) is 11.6. The Hall–Kier alpha value is -3.52. The molecule has 3 aromatic rings. The molecule has 8 heteroatoms. The van der Waals surface area contributed by atoms with E-state index in [-0.39, 0.29) is 11.5 Å². The van der Waals surface area contributed by atoms with Crippen LogP contribution < -0.4 is 19.5 Å². The molecule has 0 radical (unpaired) electrons. The summed E-state index contributed by atoms with van der Waals surface area (Å²) in [6.07, 6.45) is -0.848. The van der Waals surface area contributed by atoms with Gasteiger partial charge in [0.05, 0.1) is 10.6 Å². The quantitative estimate of drug-likeness (QED) is 0.605. The molecule has 1 heterocycles. The lowest BCUT2D eigenvalue weighted by Crippen LogP contribution is -2.40. The van der Waals surface area contributed by atoms with Crippen LogP contribution in [0, 0.1) is 20.8 Å². The van der Waals surface area contributed by atoms with E-state index in [9.17, 15) is 13.2 Å². The zero-order valence-electron chi connectivity index (χ0n) is 18.0. The Kier molecular flexibility index (Phi) is 5.80. The number of amides is 1. The van der Waals surface area contributed by atoms with Crippen LogP contribution in [0.3, 0.4) is 0 Å². The maximum absolute atomic E-state index is 13.1. The molecule has 0 unspecified atom stereocenters. The zero-order chi connectivity index (χ0) is 22.9. The molecule has 1 amide bonds. The molecule has 0 saturated heterocycles. The van der Waals surface area contributed by atoms with Crippen molar-refractivity contribution in [3.63, 3.8) is 0 Å². The van der Waals surface area contributed by atoms with Crippen LogP contribution in [0.25, 0.3) is 0 Å². The van der Waals surface area contributed by atoms with Gasteiger partial charge in [-0.15, -0.1) is 0 Å². The van der Waals surface area contributed by atoms with Gasteiger partial charge >= 0.3 is 0 Å². The second-order valence-corrected chi connectivity index (χ2v) is 9.41. The van der Waals surface area contributed by atoms with Crippen molar-refractivity contribution >= 4 is 27.3 Å². The molecule has 1 atom stereocenters. The van der Waals surface area contributed by atoms with E-state index >= 15 is 0 Å². The zero-order valence-corrected chi connectivity index (χ0v) is 18.8. The van der Waals surface area contributed by atoms with Crippen LogP contribution in [-0.2, 0) is 14.8 Å². The van der Waals surface area contributed by atoms with Gasteiger partial charge in [0.1, 0.15) is 6.61 Å². The molecule has 1 aliphatic rings. The number of benzene rings is 3. The van der Waals surface area contributed by atoms with Crippen molar-refractivity contribution in [1.29, 1.82) is 0 Å². The highest BCUT2D eigenvalue weighted by Gasteiger charge is 2.28. The molecule has 0 bridgehead atoms. The van der Waals surface area contributed by atoms with Gasteiger partial charge in [-0.25, -0.2) is 8.42 Å². The first kappa shape index (κ1) is 21.7. The van der Waals surface area contributed by atoms with Gasteiger partial charge < -0.3 is 14.8 Å². The normalized spacial score (nSPS) is 15.2. The van der Waals surface area contributed by atoms with Crippen LogP contribution in [0.2, 0.25) is 0 Å². The third kappa shape index (κ3) is 4.55. The lowest BCUT2D eigenvalue weighted by atomic mass is 10.1. The topological polar surface area (TPSA) is 93.7 Å². The molecule has 0 fully saturated rings. The maximum Gasteiger partial charge on any atom is 0.269 e. The van der Waals surface area contributed by atoms with Crippen LogP contribution in [-0.4, -0.2) is 27.0 Å². The summed E-state index contributed by atoms with van der Waals surface area (Å²) in [4.78, 5) is 12.8. The number of aryl methyl sites for hydroxylation is 3. The van der Waals surface area contributed by atoms with Gasteiger partial charge in [0.25, 0.3) is 15.9 Å². The molecule has 0 aromatic heterocycles. The Bertz CT molecular complexity index is 1290. The molecule has 32 heavy (non-hydrogen) atoms. The number of para-hydroxylation sites is 2. The van der Waals surface area contributed by atoms with Crippen LogP contribution in [0.4, 0.5) is 11.4 Å². The molecule has 0 spiro atoms. The average molecular weight is 453 g/mol. The fourth-order valence-electron chi connectivity index (χ4n) is 3.47. The highest BCUT2D eigenvalue weighted by molar-refractivity contribution is 7.92. The number of rotatable bonds is 5. The van der Waals surface area contributed by atoms with Crippen LogP contribution >= 0.6 is 0 Å². The summed E-state index contributed by atoms with van der Waals surface area (Å²) in [6.45, 7) is 5.56. The van der Waals surface area contributed by atoms with Gasteiger partial charge in [-0.3, -0.25) is 9.52 Å². The minimum atomic E-state index is -3.86. The second-order valence-electron chi connectivity index (χ2n) is 7.76. The van der Waals surface area contributed by atoms with Crippen molar-refractivity contribution in [2.75, 3.05) is 16.6 Å². The van der Waals surface area contributed by atoms with Gasteiger partial charge in [0.2, 0.25) is 6.10 Å². The molecule has 3 aromatic carbocycles. The minimum absolute atomic E-state index is 0.0636. The fraction of sp³-hybridized carbons (Fsp3) is 0.208. The Morgan fingerprint density at radius 3 is 2.44 bits per heavy atom. The van der Waals surface area contributed by atoms with E-state index in [1.807, 2.05) is 32.0 Å². The Balaban J connectivity index is 1.53. The van der Waals surface area contributed by atoms with Gasteiger partial charge in [0.15, 0.2) is 11.5 Å². The Morgan fingerprint density at radius 2 is 1.69 bits per heavy atom. The van der Waals surface area contributed by atoms with Crippen molar-refractivity contribution < 1.29 is 22.7 Å². The highest BCUT2D eigenvalue weighted by atomic mass is 32.2. The Morgan fingerprint density at radius 1 is 0.938 bits per heavy atom. The number of nitrogens with one attached hydrogen (secondary N) is 2. The van der Waals surface area contributed by atoms with E-state index in [0.29, 0.717) is 28.4 Å². The van der Waals surface area contributed by atoms with E-state index in [4.69, 9.17) is 9.47 Å². The van der Waals surface area contributed by atoms with Gasteiger partial charge in [0, 0.05) is 5.69 Å². The second kappa shape index (κ2) is 8.55. The first-order chi connectivity index (χ1) is 15.2. The molecule has 1 aliphatic heterocycles. The van der Waals surface area contributed by atoms with E-state index in [0.717, 1.165) is 11.1 Å². The fourth-order valence-corrected chi connectivity index (χ4v) is 4.87. The average Bonchev–Trinajstić information content (AvgIpc) is 2.76. The van der Waals surface area contributed by atoms with Gasteiger partial charge in [-0.05, 0) is 62.2 Å². The number of hydrogen-bond donors (Lipinski definition) is 2. The first-order valence-electron chi connectivity index (χ1n) is 10.1. The van der Waals surface area contributed by atoms with Gasteiger partial charge in [-0.1, -0.05) is 35.9 Å². The lowest BCUT2D eigenvalue weighted by Gasteiger charge is -2.25. The predicted molar refractivity (Wildman–Crippen MR) is 123 cm³/mol. The number of anilines is 2. The summed E-state index contributed by atoms with van der Waals surface area (Å²) < 4.78 is 40.1. The van der Waals surface area contributed by atoms with E-state index in [1.54, 1.807) is 43.3 Å². The third-order valence-corrected chi connectivity index (χ3v) is 6.68. The predicted octanol–water partition coefficient (Wildman–Crippen LogP) is 4.19. The largest absolute Gasteiger partial charge is 0.485 e. The molecule has 7 nitrogen and oxygen atoms in total. The maximum atomic E-state index is 13.1. The number of carbonyl (C=O) groups is 1. The lowest BCUT2D eigenvalue weighted by molar-refractivity contribution is -0.125. The van der Waals surface area contributed by atoms with E-state index in [2.05, 4.69) is 10.0 Å². The summed E-state index contributed by atoms with van der Waals surface area (Å²) in [7, 11) is -3.86. The number of ether oxygens (including phenoxy) is 2. The molecule has 0 aliphatic carbocycles. The number of sulfonamides is 1. The highest BCUT2D eigenvalue weighted by Crippen LogP contribution is 2.31. The summed E-state index contributed by atoms with van der Waals surface area (Å²) in [5, 5.41) is 2.73. The minimum Gasteiger partial charge on any atom is -0.485 e. The molecular formula is C24H24N2O5S. The summed E-state index contributed by atoms with van der Waals surface area (Å²) in [6, 6.07) is 17.3. The molecule has 166 valence electrons. The van der Waals surface area contributed by atoms with Crippen molar-refractivity contribution in [3.8, 4) is 11.5 Å². The standard InChI is InChI=1S/C24H24N2O5S/c1-15-8-11-19(17(3)12-15)26-32(28,29)23-13-18(10-9-16(23)2)25-24(27)22-14-30-20-6-4-5-7-21(20)31-22/h4-13,22,26H,14H2,1-3H3,(H,25,27)/t22-/m1/s1. The van der Waals surface area contributed by atoms with Crippen molar-refractivity contribution in [1.82, 2.24) is 0 Å². The van der Waals surface area contributed by atoms with Crippen molar-refractivity contribution in [2.45, 2.75) is 31.8 Å². The number of fused-ring (bicyclic) bond motifs is 1. The number of carbonyl (C=O) groups excluding carboxylic acids is 1. The monoisotopic (exact) mass is 452 g/mol. The van der Waals surface area contributed by atoms with Crippen molar-refractivity contribution in [2.24, 2.45) is 0 Å². The van der Waals surface area contributed by atoms with Crippen LogP contribution in [0.5, 0.6) is 11.5 Å². The SMILES string of the molecule is Cc1ccc(NS(=O)(=O)c2cc(NC(=O)[C@H]3COc4ccccc4O3)ccc2C)c(C)c1. The summed E-state index contributed by atoms with van der Waals surface area (Å²) in [5.41, 5.74) is 3.29. The van der Waals surface area contributed by atoms with E-state index in [1.165, 1.54) is 6.07 Å². The van der Waals surface area contributed by atoms with E-state index < -0.39 is 22.0 Å². The molecule has 0 saturated carbocycles. The van der Waals surface area contributed by atoms with Crippen molar-refractivity contribution in [3.05, 3.63) is 77.4 Å². The number of hydrogen-bond acceptors (Lipinski definition) is 5. The summed E-state index contributed by atoms with van der Waals surface area (Å²) >= 11 is 0. The summed E-state index contributed by atoms with van der Waals surface area (Å²) in [5.74, 6) is 0.649. The molecule has 4 rings (SSSR count). The van der Waals surface area contributed by atoms with Gasteiger partial charge in [-0.2, -0.15) is 0 Å². The molecule has 2 N–H and O–H groups in total. The Labute approximate surface area is 187 Å². The molecular weight excluding hydrogens is 428 g/mol.